The Hall–Kier alpha value is 0. The van der Waals surface area contributed by atoms with Crippen LogP contribution in [0.5, 0.6) is 0 Å². The van der Waals surface area contributed by atoms with E-state index in [4.69, 9.17) is 0 Å². The third-order valence-electron chi connectivity index (χ3n) is 6.29. The summed E-state index contributed by atoms with van der Waals surface area (Å²) < 4.78 is 0. The largest absolute Gasteiger partial charge is 0.0654 e. The second kappa shape index (κ2) is 24.0. The normalized spacial score (nSPS) is 12.6. The summed E-state index contributed by atoms with van der Waals surface area (Å²) >= 11 is 0. The van der Waals surface area contributed by atoms with Crippen molar-refractivity contribution < 1.29 is 0 Å². The first-order chi connectivity index (χ1) is 13.3. The molecule has 0 saturated heterocycles. The molecule has 0 aliphatic rings. The van der Waals surface area contributed by atoms with Gasteiger partial charge in [0.1, 0.15) is 0 Å². The molecule has 163 valence electrons. The maximum atomic E-state index is 4.10. The molecule has 0 heteroatoms. The first-order valence-electron chi connectivity index (χ1n) is 13.1. The van der Waals surface area contributed by atoms with Gasteiger partial charge in [0.15, 0.2) is 0 Å². The fraction of sp³-hybridized carbons (Fsp3) is 0.963. The zero-order chi connectivity index (χ0) is 19.8. The number of unbranched alkanes of at least 4 members (excludes halogenated alkanes) is 17. The van der Waals surface area contributed by atoms with Crippen molar-refractivity contribution in [2.45, 2.75) is 162 Å². The van der Waals surface area contributed by atoms with Gasteiger partial charge in [-0.05, 0) is 5.92 Å². The molecule has 1 unspecified atom stereocenters. The molecule has 1 atom stereocenters. The van der Waals surface area contributed by atoms with Gasteiger partial charge >= 0.3 is 0 Å². The third-order valence-corrected chi connectivity index (χ3v) is 6.29. The zero-order valence-electron chi connectivity index (χ0n) is 19.5. The first kappa shape index (κ1) is 27.0. The molecule has 0 saturated carbocycles. The van der Waals surface area contributed by atoms with E-state index in [1.54, 1.807) is 0 Å². The lowest BCUT2D eigenvalue weighted by molar-refractivity contribution is 0.382. The van der Waals surface area contributed by atoms with E-state index in [-0.39, 0.29) is 0 Å². The van der Waals surface area contributed by atoms with Crippen molar-refractivity contribution in [2.24, 2.45) is 5.92 Å². The van der Waals surface area contributed by atoms with Crippen LogP contribution < -0.4 is 0 Å². The predicted octanol–water partition coefficient (Wildman–Crippen LogP) is 10.4. The summed E-state index contributed by atoms with van der Waals surface area (Å²) in [5.74, 6) is 0.974. The summed E-state index contributed by atoms with van der Waals surface area (Å²) in [5.41, 5.74) is 0. The van der Waals surface area contributed by atoms with E-state index in [1.807, 2.05) is 0 Å². The topological polar surface area (TPSA) is 0 Å². The summed E-state index contributed by atoms with van der Waals surface area (Å²) in [6.45, 7) is 8.71. The minimum absolute atomic E-state index is 0.974. The molecule has 0 nitrogen and oxygen atoms in total. The molecular formula is C27H55. The molecule has 0 aliphatic carbocycles. The molecule has 0 rings (SSSR count). The molecule has 0 aliphatic heterocycles. The predicted molar refractivity (Wildman–Crippen MR) is 126 cm³/mol. The van der Waals surface area contributed by atoms with Crippen molar-refractivity contribution in [2.75, 3.05) is 0 Å². The highest BCUT2D eigenvalue weighted by Crippen LogP contribution is 2.23. The van der Waals surface area contributed by atoms with Gasteiger partial charge in [0, 0.05) is 0 Å². The zero-order valence-corrected chi connectivity index (χ0v) is 19.5. The number of hydrogen-bond acceptors (Lipinski definition) is 0. The lowest BCUT2D eigenvalue weighted by Gasteiger charge is -2.16. The molecule has 0 heterocycles. The summed E-state index contributed by atoms with van der Waals surface area (Å²) in [7, 11) is 0. The molecular weight excluding hydrogens is 324 g/mol. The second-order valence-electron chi connectivity index (χ2n) is 9.10. The van der Waals surface area contributed by atoms with Crippen molar-refractivity contribution in [1.29, 1.82) is 0 Å². The van der Waals surface area contributed by atoms with Crippen LogP contribution in [-0.2, 0) is 0 Å². The van der Waals surface area contributed by atoms with Gasteiger partial charge in [-0.3, -0.25) is 0 Å². The van der Waals surface area contributed by atoms with Crippen LogP contribution in [0.2, 0.25) is 0 Å². The second-order valence-corrected chi connectivity index (χ2v) is 9.10. The van der Waals surface area contributed by atoms with Gasteiger partial charge in [-0.25, -0.2) is 0 Å². The Morgan fingerprint density at radius 3 is 1.00 bits per heavy atom. The summed E-state index contributed by atoms with van der Waals surface area (Å²) in [5, 5.41) is 0. The Morgan fingerprint density at radius 2 is 0.704 bits per heavy atom. The molecule has 0 spiro atoms. The molecule has 1 radical (unpaired) electrons. The van der Waals surface area contributed by atoms with Crippen molar-refractivity contribution in [3.63, 3.8) is 0 Å². The quantitative estimate of drug-likeness (QED) is 0.155. The molecule has 0 bridgehead atoms. The highest BCUT2D eigenvalue weighted by Gasteiger charge is 2.07. The Kier molecular flexibility index (Phi) is 24.0. The van der Waals surface area contributed by atoms with Gasteiger partial charge in [-0.1, -0.05) is 168 Å². The van der Waals surface area contributed by atoms with Crippen LogP contribution in [0.15, 0.2) is 0 Å². The maximum absolute atomic E-state index is 4.10. The number of rotatable bonds is 23. The molecule has 0 amide bonds. The first-order valence-corrected chi connectivity index (χ1v) is 13.1. The van der Waals surface area contributed by atoms with E-state index in [0.29, 0.717) is 0 Å². The van der Waals surface area contributed by atoms with Crippen LogP contribution >= 0.6 is 0 Å². The van der Waals surface area contributed by atoms with E-state index in [9.17, 15) is 0 Å². The van der Waals surface area contributed by atoms with Gasteiger partial charge in [0.05, 0.1) is 0 Å². The fourth-order valence-corrected chi connectivity index (χ4v) is 4.39. The van der Waals surface area contributed by atoms with E-state index < -0.39 is 0 Å². The average Bonchev–Trinajstić information content (AvgIpc) is 2.68. The molecule has 27 heavy (non-hydrogen) atoms. The van der Waals surface area contributed by atoms with E-state index in [2.05, 4.69) is 20.8 Å². The smallest absolute Gasteiger partial charge is 0.0414 e. The van der Waals surface area contributed by atoms with Gasteiger partial charge in [0.25, 0.3) is 0 Å². The van der Waals surface area contributed by atoms with Crippen LogP contribution in [0.3, 0.4) is 0 Å². The van der Waals surface area contributed by atoms with Crippen molar-refractivity contribution in [1.82, 2.24) is 0 Å². The average molecular weight is 380 g/mol. The van der Waals surface area contributed by atoms with Gasteiger partial charge in [-0.2, -0.15) is 0 Å². The minimum Gasteiger partial charge on any atom is -0.0654 e. The fourth-order valence-electron chi connectivity index (χ4n) is 4.39. The highest BCUT2D eigenvalue weighted by molar-refractivity contribution is 4.62. The third kappa shape index (κ3) is 22.2. The Bertz CT molecular complexity index is 244. The molecule has 0 N–H and O–H groups in total. The van der Waals surface area contributed by atoms with E-state index in [0.717, 1.165) is 12.3 Å². The Morgan fingerprint density at radius 1 is 0.407 bits per heavy atom. The van der Waals surface area contributed by atoms with Crippen LogP contribution in [0, 0.1) is 12.8 Å². The standard InChI is InChI=1S/C27H55/c1-4-7-9-11-12-13-14-15-16-17-18-19-21-23-26-27(24-6-3)25-22-20-10-8-5-2/h27H,3-26H2,1-2H3. The van der Waals surface area contributed by atoms with Gasteiger partial charge in [-0.15, -0.1) is 0 Å². The van der Waals surface area contributed by atoms with Gasteiger partial charge in [0.2, 0.25) is 0 Å². The van der Waals surface area contributed by atoms with E-state index >= 15 is 0 Å². The lowest BCUT2D eigenvalue weighted by Crippen LogP contribution is -2.00. The summed E-state index contributed by atoms with van der Waals surface area (Å²) in [6, 6.07) is 0. The van der Waals surface area contributed by atoms with Crippen LogP contribution in [0.1, 0.15) is 162 Å². The molecule has 0 aromatic carbocycles. The highest BCUT2D eigenvalue weighted by atomic mass is 14.1. The van der Waals surface area contributed by atoms with Gasteiger partial charge < -0.3 is 0 Å². The summed E-state index contributed by atoms with van der Waals surface area (Å²) in [4.78, 5) is 0. The molecule has 0 fully saturated rings. The Balaban J connectivity index is 3.32. The summed E-state index contributed by atoms with van der Waals surface area (Å²) in [6.07, 6.45) is 33.1. The molecule has 0 aromatic rings. The SMILES string of the molecule is [CH2]CCC(CCCCCCC)CCCCCCCCCCCCCCCC. The monoisotopic (exact) mass is 379 g/mol. The maximum Gasteiger partial charge on any atom is -0.0414 e. The lowest BCUT2D eigenvalue weighted by atomic mass is 9.90. The Labute approximate surface area is 174 Å². The minimum atomic E-state index is 0.974. The molecule has 0 aromatic heterocycles. The number of hydrogen-bond donors (Lipinski definition) is 0. The van der Waals surface area contributed by atoms with Crippen LogP contribution in [-0.4, -0.2) is 0 Å². The van der Waals surface area contributed by atoms with Crippen molar-refractivity contribution in [3.8, 4) is 0 Å². The van der Waals surface area contributed by atoms with E-state index in [1.165, 1.54) is 141 Å². The van der Waals surface area contributed by atoms with Crippen LogP contribution in [0.25, 0.3) is 0 Å². The van der Waals surface area contributed by atoms with Crippen LogP contribution in [0.4, 0.5) is 0 Å². The van der Waals surface area contributed by atoms with Crippen molar-refractivity contribution >= 4 is 0 Å². The van der Waals surface area contributed by atoms with Crippen molar-refractivity contribution in [3.05, 3.63) is 6.92 Å².